The number of ether oxygens (including phenoxy) is 1. The molecule has 1 aliphatic heterocycles. The number of benzene rings is 1. The summed E-state index contributed by atoms with van der Waals surface area (Å²) in [6.07, 6.45) is -0.471. The van der Waals surface area contributed by atoms with Crippen molar-refractivity contribution in [2.24, 2.45) is 0 Å². The molecule has 0 aliphatic carbocycles. The Morgan fingerprint density at radius 2 is 1.68 bits per heavy atom. The first kappa shape index (κ1) is 18.6. The van der Waals surface area contributed by atoms with Gasteiger partial charge in [-0.2, -0.15) is 0 Å². The van der Waals surface area contributed by atoms with Crippen LogP contribution in [0.3, 0.4) is 0 Å². The molecular formula is C17H23N3O5. The first-order valence-corrected chi connectivity index (χ1v) is 8.06. The second kappa shape index (κ2) is 7.42. The van der Waals surface area contributed by atoms with Crippen molar-refractivity contribution >= 4 is 29.5 Å². The van der Waals surface area contributed by atoms with Crippen molar-refractivity contribution in [1.29, 1.82) is 0 Å². The van der Waals surface area contributed by atoms with Gasteiger partial charge in [-0.25, -0.2) is 9.59 Å². The highest BCUT2D eigenvalue weighted by Crippen LogP contribution is 2.20. The van der Waals surface area contributed by atoms with Gasteiger partial charge in [0.2, 0.25) is 5.91 Å². The molecule has 8 heteroatoms. The molecule has 3 amide bonds. The molecule has 1 heterocycles. The summed E-state index contributed by atoms with van der Waals surface area (Å²) in [4.78, 5) is 36.2. The second-order valence-corrected chi connectivity index (χ2v) is 6.83. The molecule has 1 aromatic rings. The van der Waals surface area contributed by atoms with Gasteiger partial charge in [-0.15, -0.1) is 0 Å². The van der Waals surface area contributed by atoms with E-state index >= 15 is 0 Å². The van der Waals surface area contributed by atoms with Crippen molar-refractivity contribution < 1.29 is 24.2 Å². The molecule has 0 bridgehead atoms. The lowest BCUT2D eigenvalue weighted by atomic mass is 10.2. The average Bonchev–Trinajstić information content (AvgIpc) is 2.97. The van der Waals surface area contributed by atoms with E-state index in [1.807, 2.05) is 0 Å². The van der Waals surface area contributed by atoms with Crippen LogP contribution in [-0.4, -0.2) is 46.3 Å². The van der Waals surface area contributed by atoms with Crippen LogP contribution in [0.4, 0.5) is 21.0 Å². The molecule has 136 valence electrons. The molecule has 1 aromatic carbocycles. The van der Waals surface area contributed by atoms with Gasteiger partial charge in [0.25, 0.3) is 0 Å². The van der Waals surface area contributed by atoms with E-state index in [4.69, 9.17) is 9.84 Å². The normalized spacial score (nSPS) is 17.1. The van der Waals surface area contributed by atoms with Gasteiger partial charge in [0, 0.05) is 17.9 Å². The van der Waals surface area contributed by atoms with Gasteiger partial charge in [0.05, 0.1) is 0 Å². The molecule has 0 radical (unpaired) electrons. The van der Waals surface area contributed by atoms with Crippen LogP contribution < -0.4 is 10.6 Å². The predicted molar refractivity (Wildman–Crippen MR) is 92.7 cm³/mol. The number of rotatable bonds is 3. The lowest BCUT2D eigenvalue weighted by Gasteiger charge is -2.21. The molecular weight excluding hydrogens is 326 g/mol. The van der Waals surface area contributed by atoms with Crippen LogP contribution in [0.15, 0.2) is 24.3 Å². The van der Waals surface area contributed by atoms with Crippen molar-refractivity contribution in [3.8, 4) is 0 Å². The van der Waals surface area contributed by atoms with Crippen molar-refractivity contribution in [2.45, 2.75) is 45.3 Å². The Kier molecular flexibility index (Phi) is 5.51. The fourth-order valence-corrected chi connectivity index (χ4v) is 2.55. The maximum absolute atomic E-state index is 12.2. The molecule has 25 heavy (non-hydrogen) atoms. The maximum Gasteiger partial charge on any atom is 0.412 e. The molecule has 0 spiro atoms. The Morgan fingerprint density at radius 3 is 2.20 bits per heavy atom. The first-order chi connectivity index (χ1) is 11.7. The van der Waals surface area contributed by atoms with E-state index in [9.17, 15) is 14.4 Å². The van der Waals surface area contributed by atoms with Crippen molar-refractivity contribution in [2.75, 3.05) is 17.2 Å². The van der Waals surface area contributed by atoms with Gasteiger partial charge >= 0.3 is 12.2 Å². The highest BCUT2D eigenvalue weighted by atomic mass is 16.6. The average molecular weight is 349 g/mol. The van der Waals surface area contributed by atoms with Crippen LogP contribution in [-0.2, 0) is 9.53 Å². The number of amides is 3. The third kappa shape index (κ3) is 5.37. The lowest BCUT2D eigenvalue weighted by molar-refractivity contribution is -0.119. The molecule has 1 aliphatic rings. The van der Waals surface area contributed by atoms with Crippen molar-refractivity contribution in [3.63, 3.8) is 0 Å². The summed E-state index contributed by atoms with van der Waals surface area (Å²) in [7, 11) is 0. The zero-order valence-corrected chi connectivity index (χ0v) is 14.5. The molecule has 3 N–H and O–H groups in total. The summed E-state index contributed by atoms with van der Waals surface area (Å²) in [5.74, 6) is -0.354. The zero-order chi connectivity index (χ0) is 18.6. The number of likely N-dealkylation sites (tertiary alicyclic amines) is 1. The van der Waals surface area contributed by atoms with Gasteiger partial charge in [-0.1, -0.05) is 0 Å². The molecule has 1 atom stereocenters. The number of carbonyl (C=O) groups excluding carboxylic acids is 2. The van der Waals surface area contributed by atoms with E-state index in [1.54, 1.807) is 45.0 Å². The van der Waals surface area contributed by atoms with E-state index in [-0.39, 0.29) is 5.91 Å². The number of nitrogens with one attached hydrogen (secondary N) is 2. The highest BCUT2D eigenvalue weighted by molar-refractivity contribution is 5.97. The van der Waals surface area contributed by atoms with Gasteiger partial charge in [-0.3, -0.25) is 15.0 Å². The van der Waals surface area contributed by atoms with Crippen LogP contribution in [0.2, 0.25) is 0 Å². The molecule has 0 saturated carbocycles. The molecule has 1 saturated heterocycles. The fourth-order valence-electron chi connectivity index (χ4n) is 2.55. The standard InChI is InChI=1S/C17H23N3O5/c1-17(2,3)25-15(22)19-12-8-6-11(7-9-12)18-14(21)13-5-4-10-20(13)16(23)24/h6-9,13H,4-5,10H2,1-3H3,(H,18,21)(H,19,22)(H,23,24). The van der Waals surface area contributed by atoms with Crippen LogP contribution >= 0.6 is 0 Å². The van der Waals surface area contributed by atoms with Crippen LogP contribution in [0.25, 0.3) is 0 Å². The number of hydrogen-bond acceptors (Lipinski definition) is 4. The zero-order valence-electron chi connectivity index (χ0n) is 14.5. The molecule has 8 nitrogen and oxygen atoms in total. The minimum absolute atomic E-state index is 0.354. The number of anilines is 2. The lowest BCUT2D eigenvalue weighted by Crippen LogP contribution is -2.42. The van der Waals surface area contributed by atoms with E-state index < -0.39 is 23.8 Å². The van der Waals surface area contributed by atoms with E-state index in [2.05, 4.69) is 10.6 Å². The van der Waals surface area contributed by atoms with E-state index in [0.29, 0.717) is 30.8 Å². The fraction of sp³-hybridized carbons (Fsp3) is 0.471. The molecule has 0 aromatic heterocycles. The third-order valence-electron chi connectivity index (χ3n) is 3.60. The summed E-state index contributed by atoms with van der Waals surface area (Å²) < 4.78 is 5.16. The Morgan fingerprint density at radius 1 is 1.12 bits per heavy atom. The largest absolute Gasteiger partial charge is 0.465 e. The molecule has 1 unspecified atom stereocenters. The summed E-state index contributed by atoms with van der Waals surface area (Å²) >= 11 is 0. The molecule has 1 fully saturated rings. The minimum Gasteiger partial charge on any atom is -0.465 e. The van der Waals surface area contributed by atoms with Crippen LogP contribution in [0, 0.1) is 0 Å². The Hall–Kier alpha value is -2.77. The monoisotopic (exact) mass is 349 g/mol. The SMILES string of the molecule is CC(C)(C)OC(=O)Nc1ccc(NC(=O)C2CCCN2C(=O)O)cc1. The first-order valence-electron chi connectivity index (χ1n) is 8.06. The second-order valence-electron chi connectivity index (χ2n) is 6.83. The number of nitrogens with zero attached hydrogens (tertiary/aromatic N) is 1. The number of hydrogen-bond donors (Lipinski definition) is 3. The topological polar surface area (TPSA) is 108 Å². The van der Waals surface area contributed by atoms with E-state index in [0.717, 1.165) is 4.90 Å². The number of carboxylic acid groups (broad SMARTS) is 1. The van der Waals surface area contributed by atoms with Crippen LogP contribution in [0.5, 0.6) is 0 Å². The Bertz CT molecular complexity index is 651. The molecule has 2 rings (SSSR count). The predicted octanol–water partition coefficient (Wildman–Crippen LogP) is 3.11. The smallest absolute Gasteiger partial charge is 0.412 e. The Balaban J connectivity index is 1.93. The summed E-state index contributed by atoms with van der Waals surface area (Å²) in [5.41, 5.74) is 0.465. The summed E-state index contributed by atoms with van der Waals surface area (Å²) in [5, 5.41) is 14.4. The van der Waals surface area contributed by atoms with Crippen LogP contribution in [0.1, 0.15) is 33.6 Å². The highest BCUT2D eigenvalue weighted by Gasteiger charge is 2.33. The van der Waals surface area contributed by atoms with Gasteiger partial charge in [0.15, 0.2) is 0 Å². The van der Waals surface area contributed by atoms with E-state index in [1.165, 1.54) is 0 Å². The van der Waals surface area contributed by atoms with Crippen molar-refractivity contribution in [3.05, 3.63) is 24.3 Å². The Labute approximate surface area is 146 Å². The van der Waals surface area contributed by atoms with Gasteiger partial charge < -0.3 is 15.2 Å². The third-order valence-corrected chi connectivity index (χ3v) is 3.60. The summed E-state index contributed by atoms with van der Waals surface area (Å²) in [6.45, 7) is 5.68. The van der Waals surface area contributed by atoms with Gasteiger partial charge in [0.1, 0.15) is 11.6 Å². The maximum atomic E-state index is 12.2. The number of carbonyl (C=O) groups is 3. The van der Waals surface area contributed by atoms with Gasteiger partial charge in [-0.05, 0) is 57.9 Å². The minimum atomic E-state index is -1.09. The van der Waals surface area contributed by atoms with Crippen molar-refractivity contribution in [1.82, 2.24) is 4.90 Å². The quantitative estimate of drug-likeness (QED) is 0.777. The summed E-state index contributed by atoms with van der Waals surface area (Å²) in [6, 6.07) is 5.85.